The van der Waals surface area contributed by atoms with Gasteiger partial charge in [0, 0.05) is 23.7 Å². The van der Waals surface area contributed by atoms with Gasteiger partial charge in [0.2, 0.25) is 0 Å². The predicted octanol–water partition coefficient (Wildman–Crippen LogP) is 3.70. The number of aromatic nitrogens is 1. The molecule has 0 saturated heterocycles. The quantitative estimate of drug-likeness (QED) is 0.873. The van der Waals surface area contributed by atoms with E-state index in [9.17, 15) is 0 Å². The zero-order chi connectivity index (χ0) is 15.1. The molecule has 1 heterocycles. The Balaban J connectivity index is 2.05. The zero-order valence-corrected chi connectivity index (χ0v) is 12.7. The molecule has 3 nitrogen and oxygen atoms in total. The Bertz CT molecular complexity index is 677. The molecule has 0 amide bonds. The van der Waals surface area contributed by atoms with Crippen LogP contribution in [0.4, 0.5) is 0 Å². The number of rotatable bonds is 4. The van der Waals surface area contributed by atoms with Gasteiger partial charge in [-0.2, -0.15) is 0 Å². The van der Waals surface area contributed by atoms with E-state index in [1.807, 2.05) is 12.1 Å². The van der Waals surface area contributed by atoms with Gasteiger partial charge in [0.05, 0.1) is 22.8 Å². The van der Waals surface area contributed by atoms with E-state index >= 15 is 0 Å². The third kappa shape index (κ3) is 4.64. The van der Waals surface area contributed by atoms with Crippen molar-refractivity contribution in [3.8, 4) is 17.6 Å². The Morgan fingerprint density at radius 3 is 2.90 bits per heavy atom. The highest BCUT2D eigenvalue weighted by Crippen LogP contribution is 2.26. The predicted molar refractivity (Wildman–Crippen MR) is 83.6 cm³/mol. The largest absolute Gasteiger partial charge is 0.487 e. The molecule has 2 rings (SSSR count). The van der Waals surface area contributed by atoms with Gasteiger partial charge in [-0.1, -0.05) is 47.2 Å². The van der Waals surface area contributed by atoms with Crippen LogP contribution in [0.25, 0.3) is 0 Å². The third-order valence-electron chi connectivity index (χ3n) is 2.61. The summed E-state index contributed by atoms with van der Waals surface area (Å²) < 4.78 is 5.65. The second-order valence-electron chi connectivity index (χ2n) is 4.19. The molecule has 21 heavy (non-hydrogen) atoms. The van der Waals surface area contributed by atoms with Crippen LogP contribution in [0.15, 0.2) is 36.7 Å². The number of halogens is 2. The van der Waals surface area contributed by atoms with Gasteiger partial charge in [-0.25, -0.2) is 0 Å². The number of hydrogen-bond acceptors (Lipinski definition) is 3. The van der Waals surface area contributed by atoms with E-state index in [-0.39, 0.29) is 6.61 Å². The molecule has 0 aliphatic rings. The molecule has 1 aromatic heterocycles. The Labute approximate surface area is 133 Å². The zero-order valence-electron chi connectivity index (χ0n) is 11.1. The van der Waals surface area contributed by atoms with Crippen molar-refractivity contribution < 1.29 is 9.84 Å². The van der Waals surface area contributed by atoms with Gasteiger partial charge in [-0.3, -0.25) is 4.98 Å². The Hall–Kier alpha value is -1.73. The lowest BCUT2D eigenvalue weighted by Gasteiger charge is -2.08. The summed E-state index contributed by atoms with van der Waals surface area (Å²) >= 11 is 12.1. The van der Waals surface area contributed by atoms with Gasteiger partial charge in [0.15, 0.2) is 0 Å². The van der Waals surface area contributed by atoms with Gasteiger partial charge in [0.25, 0.3) is 0 Å². The highest BCUT2D eigenvalue weighted by atomic mass is 35.5. The first-order valence-corrected chi connectivity index (χ1v) is 7.07. The average molecular weight is 322 g/mol. The van der Waals surface area contributed by atoms with Crippen LogP contribution in [-0.2, 0) is 6.61 Å². The molecule has 0 bridgehead atoms. The smallest absolute Gasteiger partial charge is 0.139 e. The maximum atomic E-state index is 8.69. The lowest BCUT2D eigenvalue weighted by atomic mass is 10.2. The fraction of sp³-hybridized carbons (Fsp3) is 0.188. The van der Waals surface area contributed by atoms with Crippen LogP contribution in [0.1, 0.15) is 17.5 Å². The van der Waals surface area contributed by atoms with E-state index in [0.717, 1.165) is 11.1 Å². The number of pyridine rings is 1. The van der Waals surface area contributed by atoms with Gasteiger partial charge < -0.3 is 9.84 Å². The molecule has 1 N–H and O–H groups in total. The Morgan fingerprint density at radius 1 is 1.24 bits per heavy atom. The van der Waals surface area contributed by atoms with E-state index < -0.39 is 0 Å². The summed E-state index contributed by atoms with van der Waals surface area (Å²) in [5.41, 5.74) is 1.54. The van der Waals surface area contributed by atoms with Crippen molar-refractivity contribution in [3.05, 3.63) is 57.8 Å². The molecule has 0 fully saturated rings. The summed E-state index contributed by atoms with van der Waals surface area (Å²) in [5, 5.41) is 9.68. The van der Waals surface area contributed by atoms with E-state index in [1.165, 1.54) is 0 Å². The number of aliphatic hydroxyl groups excluding tert-OH is 1. The first-order chi connectivity index (χ1) is 10.2. The Morgan fingerprint density at radius 2 is 2.10 bits per heavy atom. The standard InChI is InChI=1S/C16H13Cl2NO2/c17-15-6-3-5-13(16(15)18)11-21-14-8-12(9-19-10-14)4-1-2-7-20/h3,5-6,8-10,20H,2,7,11H2. The minimum atomic E-state index is 0.0455. The van der Waals surface area contributed by atoms with Crippen LogP contribution in [0.2, 0.25) is 10.0 Å². The van der Waals surface area contributed by atoms with Crippen molar-refractivity contribution in [1.29, 1.82) is 0 Å². The fourth-order valence-electron chi connectivity index (χ4n) is 1.61. The highest BCUT2D eigenvalue weighted by molar-refractivity contribution is 6.42. The molecule has 0 spiro atoms. The third-order valence-corrected chi connectivity index (χ3v) is 3.47. The summed E-state index contributed by atoms with van der Waals surface area (Å²) in [6, 6.07) is 7.19. The van der Waals surface area contributed by atoms with Crippen LogP contribution >= 0.6 is 23.2 Å². The molecule has 0 aliphatic heterocycles. The second-order valence-corrected chi connectivity index (χ2v) is 4.97. The molecule has 0 aliphatic carbocycles. The van der Waals surface area contributed by atoms with E-state index in [0.29, 0.717) is 28.8 Å². The second kappa shape index (κ2) is 7.90. The van der Waals surface area contributed by atoms with Crippen molar-refractivity contribution in [3.63, 3.8) is 0 Å². The summed E-state index contributed by atoms with van der Waals surface area (Å²) in [4.78, 5) is 4.07. The van der Waals surface area contributed by atoms with Crippen molar-refractivity contribution in [1.82, 2.24) is 4.98 Å². The minimum Gasteiger partial charge on any atom is -0.487 e. The number of ether oxygens (including phenoxy) is 1. The van der Waals surface area contributed by atoms with Crippen LogP contribution in [0.5, 0.6) is 5.75 Å². The first-order valence-electron chi connectivity index (χ1n) is 6.31. The van der Waals surface area contributed by atoms with Gasteiger partial charge >= 0.3 is 0 Å². The molecule has 1 aromatic carbocycles. The molecule has 0 unspecified atom stereocenters. The van der Waals surface area contributed by atoms with Gasteiger partial charge in [-0.05, 0) is 12.1 Å². The number of nitrogens with zero attached hydrogens (tertiary/aromatic N) is 1. The lowest BCUT2D eigenvalue weighted by Crippen LogP contribution is -1.97. The van der Waals surface area contributed by atoms with Gasteiger partial charge in [-0.15, -0.1) is 0 Å². The fourth-order valence-corrected chi connectivity index (χ4v) is 1.98. The molecule has 5 heteroatoms. The normalized spacial score (nSPS) is 9.86. The van der Waals surface area contributed by atoms with E-state index in [1.54, 1.807) is 24.5 Å². The molecule has 2 aromatic rings. The van der Waals surface area contributed by atoms with Crippen molar-refractivity contribution in [2.45, 2.75) is 13.0 Å². The average Bonchev–Trinajstić information content (AvgIpc) is 2.50. The van der Waals surface area contributed by atoms with E-state index in [4.69, 9.17) is 33.0 Å². The van der Waals surface area contributed by atoms with Crippen molar-refractivity contribution in [2.75, 3.05) is 6.61 Å². The van der Waals surface area contributed by atoms with Gasteiger partial charge in [0.1, 0.15) is 12.4 Å². The molecule has 0 saturated carbocycles. The lowest BCUT2D eigenvalue weighted by molar-refractivity contribution is 0.305. The number of hydrogen-bond donors (Lipinski definition) is 1. The van der Waals surface area contributed by atoms with Crippen LogP contribution < -0.4 is 4.74 Å². The molecular formula is C16H13Cl2NO2. The van der Waals surface area contributed by atoms with Crippen molar-refractivity contribution >= 4 is 23.2 Å². The SMILES string of the molecule is OCCC#Cc1cncc(OCc2cccc(Cl)c2Cl)c1. The van der Waals surface area contributed by atoms with E-state index in [2.05, 4.69) is 16.8 Å². The summed E-state index contributed by atoms with van der Waals surface area (Å²) in [6.07, 6.45) is 3.68. The molecule has 108 valence electrons. The minimum absolute atomic E-state index is 0.0455. The van der Waals surface area contributed by atoms with Crippen LogP contribution in [-0.4, -0.2) is 16.7 Å². The molecular weight excluding hydrogens is 309 g/mol. The maximum Gasteiger partial charge on any atom is 0.139 e. The summed E-state index contributed by atoms with van der Waals surface area (Å²) in [6.45, 7) is 0.346. The van der Waals surface area contributed by atoms with Crippen LogP contribution in [0.3, 0.4) is 0 Å². The van der Waals surface area contributed by atoms with Crippen molar-refractivity contribution in [2.24, 2.45) is 0 Å². The topological polar surface area (TPSA) is 42.4 Å². The molecule has 0 atom stereocenters. The number of benzene rings is 1. The monoisotopic (exact) mass is 321 g/mol. The number of aliphatic hydroxyl groups is 1. The van der Waals surface area contributed by atoms with Crippen LogP contribution in [0, 0.1) is 11.8 Å². The maximum absolute atomic E-state index is 8.69. The summed E-state index contributed by atoms with van der Waals surface area (Å²) in [5.74, 6) is 6.34. The first kappa shape index (κ1) is 15.7. The molecule has 0 radical (unpaired) electrons. The highest BCUT2D eigenvalue weighted by Gasteiger charge is 2.05. The summed E-state index contributed by atoms with van der Waals surface area (Å²) in [7, 11) is 0. The Kier molecular flexibility index (Phi) is 5.89.